The predicted molar refractivity (Wildman–Crippen MR) is 46.9 cm³/mol. The molecule has 1 rings (SSSR count). The van der Waals surface area contributed by atoms with E-state index in [0.717, 1.165) is 0 Å². The third-order valence-electron chi connectivity index (χ3n) is 1.86. The zero-order valence-corrected chi connectivity index (χ0v) is 7.60. The van der Waals surface area contributed by atoms with Crippen LogP contribution in [0.4, 0.5) is 9.59 Å². The van der Waals surface area contributed by atoms with E-state index in [0.29, 0.717) is 6.42 Å². The molecule has 0 radical (unpaired) electrons. The third-order valence-corrected chi connectivity index (χ3v) is 1.86. The molecule has 0 aromatic rings. The normalized spacial score (nSPS) is 16.6. The summed E-state index contributed by atoms with van der Waals surface area (Å²) in [5, 5.41) is 8.16. The van der Waals surface area contributed by atoms with E-state index in [-0.39, 0.29) is 0 Å². The molecule has 0 aromatic heterocycles. The van der Waals surface area contributed by atoms with Gasteiger partial charge >= 0.3 is 12.3 Å². The van der Waals surface area contributed by atoms with Crippen molar-refractivity contribution in [1.82, 2.24) is 0 Å². The molecule has 0 aromatic carbocycles. The molecule has 76 valence electrons. The molecule has 5 heteroatoms. The highest BCUT2D eigenvalue weighted by Crippen LogP contribution is 2.24. The van der Waals surface area contributed by atoms with E-state index in [1.165, 1.54) is 0 Å². The second-order valence-electron chi connectivity index (χ2n) is 2.75. The minimum Gasteiger partial charge on any atom is -0.449 e. The van der Waals surface area contributed by atoms with Gasteiger partial charge in [-0.3, -0.25) is 0 Å². The van der Waals surface area contributed by atoms with Gasteiger partial charge in [0.15, 0.2) is 5.60 Å². The van der Waals surface area contributed by atoms with Crippen LogP contribution in [0.1, 0.15) is 13.3 Å². The second kappa shape index (κ2) is 3.95. The lowest BCUT2D eigenvalue weighted by Crippen LogP contribution is -2.29. The Hall–Kier alpha value is -1.78. The average molecular weight is 198 g/mol. The molecule has 0 saturated carbocycles. The molecule has 1 aliphatic carbocycles. The van der Waals surface area contributed by atoms with Crippen molar-refractivity contribution >= 4 is 12.3 Å². The Morgan fingerprint density at radius 3 is 2.36 bits per heavy atom. The van der Waals surface area contributed by atoms with Gasteiger partial charge in [-0.05, 0) is 18.6 Å². The lowest BCUT2D eigenvalue weighted by molar-refractivity contribution is 0.0156. The summed E-state index contributed by atoms with van der Waals surface area (Å²) in [7, 11) is 0. The fraction of sp³-hybridized carbons (Fsp3) is 0.333. The van der Waals surface area contributed by atoms with E-state index in [1.54, 1.807) is 24.3 Å². The van der Waals surface area contributed by atoms with Gasteiger partial charge in [-0.15, -0.1) is 0 Å². The summed E-state index contributed by atoms with van der Waals surface area (Å²) in [6, 6.07) is 0. The highest BCUT2D eigenvalue weighted by atomic mass is 16.8. The van der Waals surface area contributed by atoms with E-state index in [1.807, 2.05) is 6.92 Å². The molecule has 1 N–H and O–H groups in total. The van der Waals surface area contributed by atoms with E-state index in [4.69, 9.17) is 9.84 Å². The summed E-state index contributed by atoms with van der Waals surface area (Å²) < 4.78 is 8.67. The summed E-state index contributed by atoms with van der Waals surface area (Å²) in [5.41, 5.74) is -0.855. The Kier molecular flexibility index (Phi) is 2.91. The Labute approximate surface area is 80.6 Å². The highest BCUT2D eigenvalue weighted by molar-refractivity contribution is 5.76. The SMILES string of the molecule is CCC1(OC(=O)OC(=O)O)C=CC=C1. The van der Waals surface area contributed by atoms with E-state index < -0.39 is 17.9 Å². The molecule has 0 heterocycles. The first kappa shape index (κ1) is 10.3. The van der Waals surface area contributed by atoms with Crippen LogP contribution >= 0.6 is 0 Å². The monoisotopic (exact) mass is 198 g/mol. The van der Waals surface area contributed by atoms with Crippen LogP contribution in [0.5, 0.6) is 0 Å². The van der Waals surface area contributed by atoms with E-state index >= 15 is 0 Å². The quantitative estimate of drug-likeness (QED) is 0.543. The fourth-order valence-electron chi connectivity index (χ4n) is 1.12. The molecule has 0 spiro atoms. The average Bonchev–Trinajstić information content (AvgIpc) is 2.52. The maximum Gasteiger partial charge on any atom is 0.519 e. The van der Waals surface area contributed by atoms with Gasteiger partial charge < -0.3 is 14.6 Å². The van der Waals surface area contributed by atoms with Gasteiger partial charge in [0, 0.05) is 0 Å². The van der Waals surface area contributed by atoms with Crippen LogP contribution in [0.3, 0.4) is 0 Å². The van der Waals surface area contributed by atoms with Crippen LogP contribution in [-0.2, 0) is 9.47 Å². The zero-order chi connectivity index (χ0) is 10.6. The Morgan fingerprint density at radius 2 is 1.93 bits per heavy atom. The van der Waals surface area contributed by atoms with Crippen molar-refractivity contribution in [3.05, 3.63) is 24.3 Å². The number of rotatable bonds is 2. The van der Waals surface area contributed by atoms with Gasteiger partial charge in [0.05, 0.1) is 0 Å². The third kappa shape index (κ3) is 2.35. The largest absolute Gasteiger partial charge is 0.519 e. The maximum absolute atomic E-state index is 10.9. The maximum atomic E-state index is 10.9. The molecule has 0 unspecified atom stereocenters. The van der Waals surface area contributed by atoms with Crippen molar-refractivity contribution in [3.63, 3.8) is 0 Å². The van der Waals surface area contributed by atoms with Crippen molar-refractivity contribution in [2.75, 3.05) is 0 Å². The summed E-state index contributed by atoms with van der Waals surface area (Å²) >= 11 is 0. The van der Waals surface area contributed by atoms with Gasteiger partial charge in [0.1, 0.15) is 0 Å². The van der Waals surface area contributed by atoms with E-state index in [2.05, 4.69) is 4.74 Å². The first-order chi connectivity index (χ1) is 6.58. The standard InChI is InChI=1S/C9H10O5/c1-2-9(5-3-4-6-9)14-8(12)13-7(10)11/h3-6H,2H2,1H3,(H,10,11). The molecule has 0 saturated heterocycles. The molecule has 0 bridgehead atoms. The molecule has 14 heavy (non-hydrogen) atoms. The second-order valence-corrected chi connectivity index (χ2v) is 2.75. The van der Waals surface area contributed by atoms with Crippen LogP contribution in [0.15, 0.2) is 24.3 Å². The van der Waals surface area contributed by atoms with Crippen molar-refractivity contribution in [3.8, 4) is 0 Å². The van der Waals surface area contributed by atoms with Crippen molar-refractivity contribution in [2.24, 2.45) is 0 Å². The molecular formula is C9H10O5. The zero-order valence-electron chi connectivity index (χ0n) is 7.60. The van der Waals surface area contributed by atoms with Gasteiger partial charge in [-0.2, -0.15) is 0 Å². The first-order valence-corrected chi connectivity index (χ1v) is 4.09. The Morgan fingerprint density at radius 1 is 1.36 bits per heavy atom. The van der Waals surface area contributed by atoms with Crippen molar-refractivity contribution in [2.45, 2.75) is 18.9 Å². The van der Waals surface area contributed by atoms with E-state index in [9.17, 15) is 9.59 Å². The number of ether oxygens (including phenoxy) is 2. The number of carbonyl (C=O) groups excluding carboxylic acids is 1. The van der Waals surface area contributed by atoms with Gasteiger partial charge in [-0.1, -0.05) is 19.1 Å². The molecule has 0 amide bonds. The van der Waals surface area contributed by atoms with Gasteiger partial charge in [0.2, 0.25) is 0 Å². The number of allylic oxidation sites excluding steroid dienone is 2. The number of hydrogen-bond donors (Lipinski definition) is 1. The minimum absolute atomic E-state index is 0.523. The first-order valence-electron chi connectivity index (χ1n) is 4.09. The minimum atomic E-state index is -1.67. The highest BCUT2D eigenvalue weighted by Gasteiger charge is 2.30. The molecule has 0 aliphatic heterocycles. The lowest BCUT2D eigenvalue weighted by atomic mass is 10.0. The fourth-order valence-corrected chi connectivity index (χ4v) is 1.12. The summed E-state index contributed by atoms with van der Waals surface area (Å²) in [5.74, 6) is 0. The predicted octanol–water partition coefficient (Wildman–Crippen LogP) is 2.09. The van der Waals surface area contributed by atoms with Crippen molar-refractivity contribution < 1.29 is 24.2 Å². The molecular weight excluding hydrogens is 188 g/mol. The summed E-state index contributed by atoms with van der Waals surface area (Å²) in [6.07, 6.45) is 4.40. The van der Waals surface area contributed by atoms with Gasteiger partial charge in [-0.25, -0.2) is 9.59 Å². The van der Waals surface area contributed by atoms with Crippen LogP contribution in [0.2, 0.25) is 0 Å². The topological polar surface area (TPSA) is 72.8 Å². The molecule has 0 atom stereocenters. The number of hydrogen-bond acceptors (Lipinski definition) is 4. The summed E-state index contributed by atoms with van der Waals surface area (Å²) in [6.45, 7) is 1.81. The molecule has 0 fully saturated rings. The van der Waals surface area contributed by atoms with Crippen LogP contribution < -0.4 is 0 Å². The Balaban J connectivity index is 2.58. The van der Waals surface area contributed by atoms with Crippen LogP contribution in [0, 0.1) is 0 Å². The number of carbonyl (C=O) groups is 2. The van der Waals surface area contributed by atoms with Gasteiger partial charge in [0.25, 0.3) is 0 Å². The van der Waals surface area contributed by atoms with Crippen LogP contribution in [-0.4, -0.2) is 23.0 Å². The smallest absolute Gasteiger partial charge is 0.449 e. The molecule has 5 nitrogen and oxygen atoms in total. The van der Waals surface area contributed by atoms with Crippen LogP contribution in [0.25, 0.3) is 0 Å². The number of carboxylic acid groups (broad SMARTS) is 1. The molecule has 1 aliphatic rings. The van der Waals surface area contributed by atoms with Crippen molar-refractivity contribution in [1.29, 1.82) is 0 Å². The lowest BCUT2D eigenvalue weighted by Gasteiger charge is -2.22. The Bertz CT molecular complexity index is 290. The summed E-state index contributed by atoms with van der Waals surface area (Å²) in [4.78, 5) is 20.9.